The van der Waals surface area contributed by atoms with E-state index in [2.05, 4.69) is 9.97 Å². The van der Waals surface area contributed by atoms with Crippen molar-refractivity contribution in [3.63, 3.8) is 0 Å². The molecule has 1 fully saturated rings. The molecule has 0 unspecified atom stereocenters. The number of imidazole rings is 1. The Balaban J connectivity index is 1.80. The number of rotatable bonds is 4. The van der Waals surface area contributed by atoms with E-state index in [1.54, 1.807) is 17.0 Å². The maximum absolute atomic E-state index is 6.13. The summed E-state index contributed by atoms with van der Waals surface area (Å²) in [5.41, 5.74) is 5.20. The second-order valence-electron chi connectivity index (χ2n) is 8.46. The minimum absolute atomic E-state index is 0.108. The van der Waals surface area contributed by atoms with Crippen LogP contribution in [-0.4, -0.2) is 109 Å². The molecule has 3 aromatic heterocycles. The minimum Gasteiger partial charge on any atom is -0.378 e. The molecule has 12 radical (unpaired) electrons. The highest BCUT2D eigenvalue weighted by atomic mass is 16.5. The molecule has 0 amide bonds. The lowest BCUT2D eigenvalue weighted by molar-refractivity contribution is -0.0798. The molecule has 16 heteroatoms. The van der Waals surface area contributed by atoms with Crippen LogP contribution < -0.4 is 10.6 Å². The third-order valence-corrected chi connectivity index (χ3v) is 5.98. The summed E-state index contributed by atoms with van der Waals surface area (Å²) >= 11 is 0. The molecular formula is C18H16B6N8O2. The van der Waals surface area contributed by atoms with Crippen LogP contribution >= 0.6 is 0 Å². The summed E-state index contributed by atoms with van der Waals surface area (Å²) in [6.45, 7) is 2.70. The van der Waals surface area contributed by atoms with Crippen molar-refractivity contribution in [1.82, 2.24) is 29.5 Å². The Labute approximate surface area is 204 Å². The van der Waals surface area contributed by atoms with Crippen molar-refractivity contribution in [2.75, 3.05) is 43.5 Å². The van der Waals surface area contributed by atoms with Crippen molar-refractivity contribution in [2.24, 2.45) is 0 Å². The second-order valence-corrected chi connectivity index (χ2v) is 8.46. The van der Waals surface area contributed by atoms with Gasteiger partial charge in [0.25, 0.3) is 0 Å². The molecule has 3 aromatic rings. The molecule has 34 heavy (non-hydrogen) atoms. The zero-order chi connectivity index (χ0) is 24.3. The Morgan fingerprint density at radius 3 is 2.15 bits per heavy atom. The third-order valence-electron chi connectivity index (χ3n) is 5.98. The fraction of sp³-hybridized carbons (Fsp3) is 0.500. The lowest BCUT2D eigenvalue weighted by atomic mass is 9.23. The average Bonchev–Trinajstić information content (AvgIpc) is 3.17. The predicted molar refractivity (Wildman–Crippen MR) is 131 cm³/mol. The summed E-state index contributed by atoms with van der Waals surface area (Å²) in [4.78, 5) is 24.4. The molecule has 158 valence electrons. The molecule has 0 atom stereocenters. The topological polar surface area (TPSA) is 117 Å². The van der Waals surface area contributed by atoms with Crippen LogP contribution in [0.4, 0.5) is 11.8 Å². The fourth-order valence-corrected chi connectivity index (χ4v) is 4.41. The normalized spacial score (nSPS) is 18.6. The monoisotopic (exact) mass is 442 g/mol. The van der Waals surface area contributed by atoms with Crippen LogP contribution in [0.3, 0.4) is 0 Å². The van der Waals surface area contributed by atoms with E-state index in [-0.39, 0.29) is 18.4 Å². The maximum atomic E-state index is 6.13. The van der Waals surface area contributed by atoms with Crippen LogP contribution in [0.15, 0.2) is 12.4 Å². The van der Waals surface area contributed by atoms with E-state index in [0.717, 1.165) is 0 Å². The molecular weight excluding hydrogens is 425 g/mol. The van der Waals surface area contributed by atoms with Crippen LogP contribution in [0, 0.1) is 0 Å². The molecule has 2 N–H and O–H groups in total. The van der Waals surface area contributed by atoms with Gasteiger partial charge in [0, 0.05) is 32.0 Å². The molecule has 0 bridgehead atoms. The van der Waals surface area contributed by atoms with Gasteiger partial charge in [0.1, 0.15) is 5.82 Å². The van der Waals surface area contributed by atoms with Crippen molar-refractivity contribution < 1.29 is 9.47 Å². The number of ether oxygens (including phenoxy) is 2. The summed E-state index contributed by atoms with van der Waals surface area (Å²) in [5, 5.41) is -4.16. The van der Waals surface area contributed by atoms with Crippen LogP contribution in [0.1, 0.15) is 5.82 Å². The van der Waals surface area contributed by atoms with Crippen LogP contribution in [-0.2, 0) is 21.6 Å². The highest BCUT2D eigenvalue weighted by Crippen LogP contribution is 2.55. The van der Waals surface area contributed by atoms with E-state index < -0.39 is 15.8 Å². The molecule has 10 nitrogen and oxygen atoms in total. The summed E-state index contributed by atoms with van der Waals surface area (Å²) in [6, 6.07) is 0. The highest BCUT2D eigenvalue weighted by Gasteiger charge is 2.55. The van der Waals surface area contributed by atoms with Crippen LogP contribution in [0.5, 0.6) is 0 Å². The smallest absolute Gasteiger partial charge is 0.219 e. The van der Waals surface area contributed by atoms with Gasteiger partial charge in [-0.25, -0.2) is 24.9 Å². The van der Waals surface area contributed by atoms with E-state index in [9.17, 15) is 0 Å². The maximum Gasteiger partial charge on any atom is 0.219 e. The Morgan fingerprint density at radius 1 is 0.882 bits per heavy atom. The number of fused-ring (bicyclic) bond motifs is 3. The van der Waals surface area contributed by atoms with Gasteiger partial charge in [0.05, 0.1) is 78.1 Å². The molecule has 5 heterocycles. The molecule has 5 rings (SSSR count). The molecule has 2 aliphatic rings. The summed E-state index contributed by atoms with van der Waals surface area (Å²) in [7, 11) is 36.8. The van der Waals surface area contributed by atoms with Crippen LogP contribution in [0.2, 0.25) is 10.2 Å². The number of hydrogen-bond donors (Lipinski definition) is 1. The number of morpholine rings is 1. The van der Waals surface area contributed by atoms with E-state index >= 15 is 0 Å². The summed E-state index contributed by atoms with van der Waals surface area (Å²) in [6.07, 6.45) is 3.09. The van der Waals surface area contributed by atoms with Crippen molar-refractivity contribution in [3.8, 4) is 11.4 Å². The highest BCUT2D eigenvalue weighted by molar-refractivity contribution is 6.65. The quantitative estimate of drug-likeness (QED) is 0.463. The van der Waals surface area contributed by atoms with Crippen molar-refractivity contribution in [2.45, 2.75) is 22.4 Å². The molecule has 0 aliphatic carbocycles. The van der Waals surface area contributed by atoms with Gasteiger partial charge >= 0.3 is 0 Å². The standard InChI is InChI=1S/C18H16B6N8O2/c19-17(20,21)16(18(22,23)24)14-28-10-12(31-1-4-33-5-2-31)29-11(9-7-26-15(25)27-8-9)30-13(10)32(14)3-6-34-16/h7-8H,1-6H2,(H2,25,26,27). The summed E-state index contributed by atoms with van der Waals surface area (Å²) < 4.78 is 13.2. The SMILES string of the molecule is [B]C([B])([B])C1(C([B])([B])[B])OCCn2c1nc1c(N3CCOCC3)nc(-c3cnc(N)nc3)nc12. The zero-order valence-corrected chi connectivity index (χ0v) is 18.4. The first-order valence-electron chi connectivity index (χ1n) is 10.6. The number of aromatic nitrogens is 6. The molecule has 1 saturated heterocycles. The lowest BCUT2D eigenvalue weighted by Gasteiger charge is -2.56. The summed E-state index contributed by atoms with van der Waals surface area (Å²) in [5.74, 6) is 1.22. The molecule has 0 saturated carbocycles. The van der Waals surface area contributed by atoms with Crippen molar-refractivity contribution >= 4 is 70.0 Å². The minimum atomic E-state index is -2.08. The number of nitrogen functional groups attached to an aromatic ring is 1. The van der Waals surface area contributed by atoms with Gasteiger partial charge in [-0.15, -0.1) is 0 Å². The molecule has 0 spiro atoms. The largest absolute Gasteiger partial charge is 0.378 e. The second kappa shape index (κ2) is 8.05. The number of nitrogens with two attached hydrogens (primary N) is 1. The van der Waals surface area contributed by atoms with Crippen LogP contribution in [0.25, 0.3) is 22.6 Å². The van der Waals surface area contributed by atoms with Gasteiger partial charge in [0.15, 0.2) is 22.8 Å². The first kappa shape index (κ1) is 23.3. The van der Waals surface area contributed by atoms with Gasteiger partial charge < -0.3 is 24.7 Å². The van der Waals surface area contributed by atoms with E-state index in [0.29, 0.717) is 61.2 Å². The first-order chi connectivity index (χ1) is 16.0. The predicted octanol–water partition coefficient (Wildman–Crippen LogP) is -1.91. The van der Waals surface area contributed by atoms with Gasteiger partial charge in [-0.1, -0.05) is 10.2 Å². The Bertz CT molecular complexity index is 1210. The Kier molecular flexibility index (Phi) is 5.51. The zero-order valence-electron chi connectivity index (χ0n) is 18.4. The van der Waals surface area contributed by atoms with E-state index in [4.69, 9.17) is 77.2 Å². The number of nitrogens with zero attached hydrogens (tertiary/aromatic N) is 7. The molecule has 0 aromatic carbocycles. The van der Waals surface area contributed by atoms with Gasteiger partial charge in [-0.2, -0.15) is 0 Å². The third kappa shape index (κ3) is 3.53. The fourth-order valence-electron chi connectivity index (χ4n) is 4.41. The first-order valence-corrected chi connectivity index (χ1v) is 10.6. The Hall–Kier alpha value is -2.46. The van der Waals surface area contributed by atoms with Gasteiger partial charge in [-0.05, 0) is 0 Å². The van der Waals surface area contributed by atoms with Gasteiger partial charge in [-0.3, -0.25) is 0 Å². The number of hydrogen-bond acceptors (Lipinski definition) is 9. The van der Waals surface area contributed by atoms with E-state index in [1.807, 2.05) is 4.90 Å². The van der Waals surface area contributed by atoms with E-state index in [1.165, 1.54) is 0 Å². The lowest BCUT2D eigenvalue weighted by Crippen LogP contribution is -2.57. The average molecular weight is 441 g/mol. The van der Waals surface area contributed by atoms with Crippen molar-refractivity contribution in [1.29, 1.82) is 0 Å². The number of anilines is 2. The Morgan fingerprint density at radius 2 is 1.53 bits per heavy atom. The van der Waals surface area contributed by atoms with Crippen molar-refractivity contribution in [3.05, 3.63) is 18.2 Å². The molecule has 2 aliphatic heterocycles. The van der Waals surface area contributed by atoms with Gasteiger partial charge in [0.2, 0.25) is 5.95 Å².